The minimum Gasteiger partial charge on any atom is -0.496 e. The quantitative estimate of drug-likeness (QED) is 0.106. The van der Waals surface area contributed by atoms with E-state index in [2.05, 4.69) is 9.97 Å². The summed E-state index contributed by atoms with van der Waals surface area (Å²) < 4.78 is 94.4. The highest BCUT2D eigenvalue weighted by Crippen LogP contribution is 2.40. The molecule has 0 spiro atoms. The molecule has 50 heavy (non-hydrogen) atoms. The summed E-state index contributed by atoms with van der Waals surface area (Å²) in [5.74, 6) is -0.677. The Kier molecular flexibility index (Phi) is 11.3. The fourth-order valence-corrected chi connectivity index (χ4v) is 5.06. The van der Waals surface area contributed by atoms with Crippen LogP contribution >= 0.6 is 0 Å². The Bertz CT molecular complexity index is 1870. The summed E-state index contributed by atoms with van der Waals surface area (Å²) in [6.45, 7) is 2.37. The van der Waals surface area contributed by atoms with Gasteiger partial charge in [0, 0.05) is 25.1 Å². The van der Waals surface area contributed by atoms with E-state index in [0.29, 0.717) is 17.2 Å². The molecule has 9 nitrogen and oxygen atoms in total. The lowest BCUT2D eigenvalue weighted by molar-refractivity contribution is -0.138. The first-order valence-corrected chi connectivity index (χ1v) is 15.0. The summed E-state index contributed by atoms with van der Waals surface area (Å²) in [4.78, 5) is 20.6. The molecule has 4 aromatic rings. The number of methoxy groups -OCH3 is 1. The van der Waals surface area contributed by atoms with Gasteiger partial charge in [-0.05, 0) is 85.0 Å². The molecule has 0 fully saturated rings. The Morgan fingerprint density at radius 3 is 2.12 bits per heavy atom. The van der Waals surface area contributed by atoms with Crippen molar-refractivity contribution in [3.8, 4) is 28.7 Å². The first-order valence-electron chi connectivity index (χ1n) is 15.0. The van der Waals surface area contributed by atoms with Crippen LogP contribution in [-0.4, -0.2) is 39.9 Å². The standard InChI is InChI=1S/C35H32F6N4O5/c1-33(2,48)24-7-9-30(49-3)29(15-24)28-8-6-25(34(36,37)38)14-23(28)20-45(19-22-11-21(16-42)12-26(13-22)35(39,40)41)32-43-17-27(18-44-32)50-10-4-5-31(46)47/h6-9,11-15,17-18,48H,4-5,10,19-20H2,1-3H3,(H,46,47). The largest absolute Gasteiger partial charge is 0.496 e. The van der Waals surface area contributed by atoms with Gasteiger partial charge in [0.05, 0.1) is 54.5 Å². The molecular weight excluding hydrogens is 670 g/mol. The van der Waals surface area contributed by atoms with Gasteiger partial charge < -0.3 is 24.6 Å². The Morgan fingerprint density at radius 1 is 0.880 bits per heavy atom. The van der Waals surface area contributed by atoms with Crippen LogP contribution in [0.15, 0.2) is 67.0 Å². The van der Waals surface area contributed by atoms with E-state index < -0.39 is 35.0 Å². The van der Waals surface area contributed by atoms with Crippen molar-refractivity contribution in [1.82, 2.24) is 9.97 Å². The Labute approximate surface area is 283 Å². The van der Waals surface area contributed by atoms with Gasteiger partial charge in [0.2, 0.25) is 5.95 Å². The smallest absolute Gasteiger partial charge is 0.416 e. The molecule has 0 aliphatic rings. The van der Waals surface area contributed by atoms with Crippen molar-refractivity contribution in [3.63, 3.8) is 0 Å². The van der Waals surface area contributed by atoms with E-state index in [1.165, 1.54) is 50.4 Å². The fraction of sp³-hybridized carbons (Fsp3) is 0.314. The summed E-state index contributed by atoms with van der Waals surface area (Å²) in [5, 5.41) is 29.0. The van der Waals surface area contributed by atoms with Gasteiger partial charge >= 0.3 is 18.3 Å². The van der Waals surface area contributed by atoms with Crippen LogP contribution in [0.1, 0.15) is 60.1 Å². The number of carboxylic acids is 1. The van der Waals surface area contributed by atoms with E-state index in [9.17, 15) is 41.5 Å². The summed E-state index contributed by atoms with van der Waals surface area (Å²) in [6, 6.07) is 12.2. The summed E-state index contributed by atoms with van der Waals surface area (Å²) in [6.07, 6.45) is -7.01. The van der Waals surface area contributed by atoms with E-state index in [1.807, 2.05) is 0 Å². The van der Waals surface area contributed by atoms with Gasteiger partial charge in [-0.15, -0.1) is 0 Å². The number of anilines is 1. The predicted molar refractivity (Wildman–Crippen MR) is 169 cm³/mol. The van der Waals surface area contributed by atoms with E-state index in [-0.39, 0.29) is 72.2 Å². The second-order valence-corrected chi connectivity index (χ2v) is 11.8. The molecule has 264 valence electrons. The molecule has 0 bridgehead atoms. The van der Waals surface area contributed by atoms with Crippen molar-refractivity contribution in [2.75, 3.05) is 18.6 Å². The maximum atomic E-state index is 14.1. The molecule has 15 heteroatoms. The van der Waals surface area contributed by atoms with Crippen LogP contribution in [0.5, 0.6) is 11.5 Å². The van der Waals surface area contributed by atoms with Gasteiger partial charge in [0.1, 0.15) is 5.75 Å². The monoisotopic (exact) mass is 702 g/mol. The van der Waals surface area contributed by atoms with Crippen LogP contribution in [0.2, 0.25) is 0 Å². The third-order valence-electron chi connectivity index (χ3n) is 7.51. The second kappa shape index (κ2) is 15.0. The number of aromatic nitrogens is 2. The molecule has 3 aromatic carbocycles. The molecule has 2 N–H and O–H groups in total. The topological polar surface area (TPSA) is 129 Å². The van der Waals surface area contributed by atoms with Crippen LogP contribution in [0.25, 0.3) is 11.1 Å². The number of carboxylic acid groups (broad SMARTS) is 1. The van der Waals surface area contributed by atoms with E-state index in [1.54, 1.807) is 24.3 Å². The van der Waals surface area contributed by atoms with Crippen LogP contribution in [0, 0.1) is 11.3 Å². The van der Waals surface area contributed by atoms with Crippen molar-refractivity contribution < 1.29 is 50.8 Å². The highest BCUT2D eigenvalue weighted by molar-refractivity contribution is 5.75. The number of carbonyl (C=O) groups is 1. The number of hydrogen-bond acceptors (Lipinski definition) is 8. The molecule has 0 saturated carbocycles. The average Bonchev–Trinajstić information content (AvgIpc) is 3.05. The minimum atomic E-state index is -4.79. The zero-order valence-electron chi connectivity index (χ0n) is 27.1. The number of rotatable bonds is 13. The number of benzene rings is 3. The molecular formula is C35H32F6N4O5. The molecule has 0 radical (unpaired) electrons. The SMILES string of the molecule is COc1ccc(C(C)(C)O)cc1-c1ccc(C(F)(F)F)cc1CN(Cc1cc(C#N)cc(C(F)(F)F)c1)c1ncc(OCCCC(=O)O)cn1. The summed E-state index contributed by atoms with van der Waals surface area (Å²) in [5.41, 5.74) is -2.58. The molecule has 0 aliphatic heterocycles. The molecule has 0 aliphatic carbocycles. The van der Waals surface area contributed by atoms with Gasteiger partial charge in [0.25, 0.3) is 0 Å². The zero-order chi connectivity index (χ0) is 36.9. The molecule has 0 saturated heterocycles. The molecule has 0 unspecified atom stereocenters. The maximum Gasteiger partial charge on any atom is 0.416 e. The van der Waals surface area contributed by atoms with Crippen molar-refractivity contribution in [2.45, 2.75) is 57.7 Å². The van der Waals surface area contributed by atoms with E-state index >= 15 is 0 Å². The number of nitriles is 1. The highest BCUT2D eigenvalue weighted by Gasteiger charge is 2.33. The van der Waals surface area contributed by atoms with Crippen molar-refractivity contribution in [3.05, 3.63) is 100 Å². The Morgan fingerprint density at radius 2 is 1.54 bits per heavy atom. The van der Waals surface area contributed by atoms with Gasteiger partial charge in [-0.2, -0.15) is 31.6 Å². The highest BCUT2D eigenvalue weighted by atomic mass is 19.4. The number of aliphatic hydroxyl groups is 1. The van der Waals surface area contributed by atoms with Crippen LogP contribution < -0.4 is 14.4 Å². The first kappa shape index (κ1) is 37.5. The predicted octanol–water partition coefficient (Wildman–Crippen LogP) is 7.74. The van der Waals surface area contributed by atoms with Gasteiger partial charge in [-0.25, -0.2) is 9.97 Å². The molecule has 1 aromatic heterocycles. The van der Waals surface area contributed by atoms with E-state index in [4.69, 9.17) is 14.6 Å². The lowest BCUT2D eigenvalue weighted by Gasteiger charge is -2.26. The number of ether oxygens (including phenoxy) is 2. The van der Waals surface area contributed by atoms with Crippen LogP contribution in [-0.2, 0) is 35.8 Å². The van der Waals surface area contributed by atoms with Gasteiger partial charge in [-0.1, -0.05) is 12.1 Å². The lowest BCUT2D eigenvalue weighted by Crippen LogP contribution is -2.25. The normalized spacial score (nSPS) is 11.9. The molecule has 1 heterocycles. The molecule has 4 rings (SSSR count). The number of halogens is 6. The number of aliphatic carboxylic acids is 1. The molecule has 0 atom stereocenters. The minimum absolute atomic E-state index is 0.00380. The van der Waals surface area contributed by atoms with Gasteiger partial charge in [0.15, 0.2) is 5.75 Å². The fourth-order valence-electron chi connectivity index (χ4n) is 5.06. The van der Waals surface area contributed by atoms with Gasteiger partial charge in [-0.3, -0.25) is 4.79 Å². The lowest BCUT2D eigenvalue weighted by atomic mass is 9.91. The third kappa shape index (κ3) is 9.63. The number of nitrogens with zero attached hydrogens (tertiary/aromatic N) is 4. The van der Waals surface area contributed by atoms with Crippen LogP contribution in [0.3, 0.4) is 0 Å². The van der Waals surface area contributed by atoms with Crippen LogP contribution in [0.4, 0.5) is 32.3 Å². The third-order valence-corrected chi connectivity index (χ3v) is 7.51. The number of hydrogen-bond donors (Lipinski definition) is 2. The Hall–Kier alpha value is -5.36. The second-order valence-electron chi connectivity index (χ2n) is 11.8. The van der Waals surface area contributed by atoms with E-state index in [0.717, 1.165) is 18.2 Å². The summed E-state index contributed by atoms with van der Waals surface area (Å²) >= 11 is 0. The number of alkyl halides is 6. The maximum absolute atomic E-state index is 14.1. The van der Waals surface area contributed by atoms with Crippen molar-refractivity contribution in [2.24, 2.45) is 0 Å². The Balaban J connectivity index is 1.86. The first-order chi connectivity index (χ1) is 23.4. The van der Waals surface area contributed by atoms with Crippen molar-refractivity contribution >= 4 is 11.9 Å². The zero-order valence-corrected chi connectivity index (χ0v) is 27.1. The molecule has 0 amide bonds. The van der Waals surface area contributed by atoms with Crippen molar-refractivity contribution in [1.29, 1.82) is 5.26 Å². The summed E-state index contributed by atoms with van der Waals surface area (Å²) in [7, 11) is 1.37. The average molecular weight is 703 g/mol.